The molecule has 0 aliphatic heterocycles. The number of nitrogens with zero attached hydrogens (tertiary/aromatic N) is 1. The number of amides is 1. The number of allylic oxidation sites excluding steroid dienone is 2. The van der Waals surface area contributed by atoms with Gasteiger partial charge < -0.3 is 10.2 Å². The maximum atomic E-state index is 11.9. The molecule has 114 valence electrons. The van der Waals surface area contributed by atoms with Gasteiger partial charge in [-0.15, -0.1) is 0 Å². The molecule has 1 aromatic rings. The summed E-state index contributed by atoms with van der Waals surface area (Å²) in [5.41, 5.74) is 2.47. The van der Waals surface area contributed by atoms with Crippen LogP contribution in [-0.2, 0) is 17.9 Å². The summed E-state index contributed by atoms with van der Waals surface area (Å²) in [5, 5.41) is 3.03. The van der Waals surface area contributed by atoms with Gasteiger partial charge in [-0.05, 0) is 43.5 Å². The van der Waals surface area contributed by atoms with Crippen molar-refractivity contribution in [1.82, 2.24) is 10.2 Å². The molecule has 0 aromatic heterocycles. The van der Waals surface area contributed by atoms with Crippen LogP contribution >= 0.6 is 0 Å². The fourth-order valence-corrected chi connectivity index (χ4v) is 2.64. The predicted octanol–water partition coefficient (Wildman–Crippen LogP) is 3.11. The molecule has 1 aliphatic carbocycles. The van der Waals surface area contributed by atoms with Crippen LogP contribution in [0.1, 0.15) is 37.3 Å². The van der Waals surface area contributed by atoms with Crippen LogP contribution < -0.4 is 5.32 Å². The van der Waals surface area contributed by atoms with Crippen LogP contribution in [0.2, 0.25) is 0 Å². The van der Waals surface area contributed by atoms with E-state index in [1.165, 1.54) is 11.1 Å². The molecule has 0 heterocycles. The van der Waals surface area contributed by atoms with Crippen molar-refractivity contribution < 1.29 is 4.79 Å². The van der Waals surface area contributed by atoms with Crippen molar-refractivity contribution in [2.45, 2.75) is 39.3 Å². The first-order chi connectivity index (χ1) is 10.2. The van der Waals surface area contributed by atoms with Gasteiger partial charge in [-0.25, -0.2) is 0 Å². The van der Waals surface area contributed by atoms with E-state index in [1.54, 1.807) is 0 Å². The number of hydrogen-bond donors (Lipinski definition) is 1. The van der Waals surface area contributed by atoms with E-state index < -0.39 is 0 Å². The van der Waals surface area contributed by atoms with Crippen LogP contribution in [0.5, 0.6) is 0 Å². The topological polar surface area (TPSA) is 32.3 Å². The molecule has 0 radical (unpaired) electrons. The fraction of sp³-hybridized carbons (Fsp3) is 0.500. The number of carbonyl (C=O) groups excluding carboxylic acids is 1. The Morgan fingerprint density at radius 2 is 2.19 bits per heavy atom. The Morgan fingerprint density at radius 1 is 1.38 bits per heavy atom. The summed E-state index contributed by atoms with van der Waals surface area (Å²) in [5.74, 6) is 0.595. The first kappa shape index (κ1) is 15.8. The van der Waals surface area contributed by atoms with Crippen LogP contribution in [0.4, 0.5) is 0 Å². The third-order valence-corrected chi connectivity index (χ3v) is 4.03. The molecule has 0 saturated carbocycles. The quantitative estimate of drug-likeness (QED) is 0.781. The molecule has 0 fully saturated rings. The molecule has 0 spiro atoms. The van der Waals surface area contributed by atoms with Crippen molar-refractivity contribution in [2.75, 3.05) is 13.6 Å². The number of benzene rings is 1. The molecule has 1 amide bonds. The minimum Gasteiger partial charge on any atom is -0.352 e. The van der Waals surface area contributed by atoms with Gasteiger partial charge in [0.25, 0.3) is 0 Å². The van der Waals surface area contributed by atoms with E-state index >= 15 is 0 Å². The number of hydrogen-bond acceptors (Lipinski definition) is 2. The zero-order valence-electron chi connectivity index (χ0n) is 13.1. The third kappa shape index (κ3) is 5.35. The lowest BCUT2D eigenvalue weighted by atomic mass is 10.0. The molecule has 0 bridgehead atoms. The minimum atomic E-state index is 0.155. The molecule has 3 heteroatoms. The van der Waals surface area contributed by atoms with Gasteiger partial charge in [0, 0.05) is 19.5 Å². The third-order valence-electron chi connectivity index (χ3n) is 4.03. The lowest BCUT2D eigenvalue weighted by molar-refractivity contribution is -0.121. The maximum Gasteiger partial charge on any atom is 0.220 e. The molecule has 21 heavy (non-hydrogen) atoms. The Bertz CT molecular complexity index is 496. The molecular formula is C18H26N2O. The highest BCUT2D eigenvalue weighted by molar-refractivity contribution is 5.76. The Labute approximate surface area is 128 Å². The lowest BCUT2D eigenvalue weighted by Crippen LogP contribution is -2.24. The van der Waals surface area contributed by atoms with Gasteiger partial charge in [-0.3, -0.25) is 4.79 Å². The van der Waals surface area contributed by atoms with Crippen LogP contribution in [0.25, 0.3) is 0 Å². The Morgan fingerprint density at radius 3 is 2.90 bits per heavy atom. The first-order valence-electron chi connectivity index (χ1n) is 7.87. The van der Waals surface area contributed by atoms with E-state index in [-0.39, 0.29) is 5.91 Å². The monoisotopic (exact) mass is 286 g/mol. The summed E-state index contributed by atoms with van der Waals surface area (Å²) in [4.78, 5) is 14.2. The highest BCUT2D eigenvalue weighted by atomic mass is 16.1. The zero-order valence-corrected chi connectivity index (χ0v) is 13.1. The second-order valence-corrected chi connectivity index (χ2v) is 5.90. The SMILES string of the molecule is CCN(C)Cc1cccc(CNC(=O)C[C@H]2C=CCC2)c1. The maximum absolute atomic E-state index is 11.9. The van der Waals surface area contributed by atoms with Crippen LogP contribution in [0.15, 0.2) is 36.4 Å². The van der Waals surface area contributed by atoms with Gasteiger partial charge in [-0.2, -0.15) is 0 Å². The van der Waals surface area contributed by atoms with Gasteiger partial charge >= 0.3 is 0 Å². The molecule has 0 saturated heterocycles. The summed E-state index contributed by atoms with van der Waals surface area (Å²) in [6.07, 6.45) is 7.19. The summed E-state index contributed by atoms with van der Waals surface area (Å²) in [6, 6.07) is 8.47. The first-order valence-corrected chi connectivity index (χ1v) is 7.87. The van der Waals surface area contributed by atoms with Crippen LogP contribution in [0, 0.1) is 5.92 Å². The summed E-state index contributed by atoms with van der Waals surface area (Å²) in [6.45, 7) is 4.77. The van der Waals surface area contributed by atoms with E-state index in [0.29, 0.717) is 18.9 Å². The molecule has 1 aliphatic rings. The van der Waals surface area contributed by atoms with E-state index in [0.717, 1.165) is 25.9 Å². The second-order valence-electron chi connectivity index (χ2n) is 5.90. The van der Waals surface area contributed by atoms with E-state index in [4.69, 9.17) is 0 Å². The highest BCUT2D eigenvalue weighted by Gasteiger charge is 2.13. The molecule has 1 aromatic carbocycles. The molecule has 1 atom stereocenters. The average Bonchev–Trinajstić information content (AvgIpc) is 2.98. The molecular weight excluding hydrogens is 260 g/mol. The lowest BCUT2D eigenvalue weighted by Gasteiger charge is -2.14. The van der Waals surface area contributed by atoms with Crippen molar-refractivity contribution in [3.63, 3.8) is 0 Å². The number of carbonyl (C=O) groups is 1. The van der Waals surface area contributed by atoms with E-state index in [9.17, 15) is 4.79 Å². The van der Waals surface area contributed by atoms with Crippen molar-refractivity contribution >= 4 is 5.91 Å². The normalized spacial score (nSPS) is 17.4. The van der Waals surface area contributed by atoms with Gasteiger partial charge in [-0.1, -0.05) is 43.3 Å². The minimum absolute atomic E-state index is 0.155. The van der Waals surface area contributed by atoms with Gasteiger partial charge in [0.2, 0.25) is 5.91 Å². The van der Waals surface area contributed by atoms with Crippen molar-refractivity contribution in [3.8, 4) is 0 Å². The highest BCUT2D eigenvalue weighted by Crippen LogP contribution is 2.20. The largest absolute Gasteiger partial charge is 0.352 e. The average molecular weight is 286 g/mol. The second kappa shape index (κ2) is 7.99. The zero-order chi connectivity index (χ0) is 15.1. The smallest absolute Gasteiger partial charge is 0.220 e. The van der Waals surface area contributed by atoms with Crippen molar-refractivity contribution in [3.05, 3.63) is 47.5 Å². The molecule has 2 rings (SSSR count). The molecule has 3 nitrogen and oxygen atoms in total. The predicted molar refractivity (Wildman–Crippen MR) is 86.8 cm³/mol. The fourth-order valence-electron chi connectivity index (χ4n) is 2.64. The standard InChI is InChI=1S/C18H26N2O/c1-3-20(2)14-17-10-6-9-16(11-17)13-19-18(21)12-15-7-4-5-8-15/h4,6-7,9-11,15H,3,5,8,12-14H2,1-2H3,(H,19,21)/t15-/m0/s1. The molecule has 0 unspecified atom stereocenters. The van der Waals surface area contributed by atoms with E-state index in [2.05, 4.69) is 60.6 Å². The summed E-state index contributed by atoms with van der Waals surface area (Å²) < 4.78 is 0. The van der Waals surface area contributed by atoms with Crippen molar-refractivity contribution in [1.29, 1.82) is 0 Å². The summed E-state index contributed by atoms with van der Waals surface area (Å²) in [7, 11) is 2.11. The van der Waals surface area contributed by atoms with Gasteiger partial charge in [0.1, 0.15) is 0 Å². The Balaban J connectivity index is 1.80. The van der Waals surface area contributed by atoms with Crippen LogP contribution in [0.3, 0.4) is 0 Å². The number of rotatable bonds is 7. The number of nitrogens with one attached hydrogen (secondary N) is 1. The van der Waals surface area contributed by atoms with Gasteiger partial charge in [0.05, 0.1) is 0 Å². The van der Waals surface area contributed by atoms with Crippen molar-refractivity contribution in [2.24, 2.45) is 5.92 Å². The molecule has 1 N–H and O–H groups in total. The Hall–Kier alpha value is -1.61. The van der Waals surface area contributed by atoms with Crippen LogP contribution in [-0.4, -0.2) is 24.4 Å². The summed E-state index contributed by atoms with van der Waals surface area (Å²) >= 11 is 0. The van der Waals surface area contributed by atoms with Gasteiger partial charge in [0.15, 0.2) is 0 Å². The Kier molecular flexibility index (Phi) is 6.00. The van der Waals surface area contributed by atoms with E-state index in [1.807, 2.05) is 0 Å².